The molecule has 33 heavy (non-hydrogen) atoms. The first-order valence-corrected chi connectivity index (χ1v) is 13.3. The fourth-order valence-electron chi connectivity index (χ4n) is 5.44. The smallest absolute Gasteiger partial charge is 0.444 e. The monoisotopic (exact) mass is 472 g/mol. The SMILES string of the molecule is CC(C)(C)OC(=O)N1CC[C@H]2[C@@H](C1)c1cc(B3OC(C)(C)C(C)(C)O3)cc3c1N2CCCS3. The van der Waals surface area contributed by atoms with Crippen LogP contribution in [0.15, 0.2) is 17.0 Å². The van der Waals surface area contributed by atoms with Crippen molar-refractivity contribution in [2.24, 2.45) is 0 Å². The summed E-state index contributed by atoms with van der Waals surface area (Å²) in [4.78, 5) is 18.7. The van der Waals surface area contributed by atoms with Crippen molar-refractivity contribution in [2.45, 2.75) is 95.0 Å². The second-order valence-electron chi connectivity index (χ2n) is 11.8. The van der Waals surface area contributed by atoms with Crippen LogP contribution in [0.2, 0.25) is 0 Å². The molecule has 1 aromatic rings. The Morgan fingerprint density at radius 3 is 2.52 bits per heavy atom. The van der Waals surface area contributed by atoms with Crippen molar-refractivity contribution in [1.82, 2.24) is 4.90 Å². The number of rotatable bonds is 1. The molecule has 8 heteroatoms. The highest BCUT2D eigenvalue weighted by atomic mass is 32.2. The third kappa shape index (κ3) is 4.06. The van der Waals surface area contributed by atoms with Crippen LogP contribution < -0.4 is 10.4 Å². The van der Waals surface area contributed by atoms with Crippen LogP contribution in [0.5, 0.6) is 0 Å². The normalized spacial score (nSPS) is 27.8. The van der Waals surface area contributed by atoms with Crippen LogP contribution in [0.1, 0.15) is 72.8 Å². The molecule has 180 valence electrons. The van der Waals surface area contributed by atoms with Gasteiger partial charge in [-0.25, -0.2) is 4.79 Å². The van der Waals surface area contributed by atoms with Crippen LogP contribution >= 0.6 is 11.8 Å². The van der Waals surface area contributed by atoms with Gasteiger partial charge in [-0.05, 0) is 84.2 Å². The highest BCUT2D eigenvalue weighted by Gasteiger charge is 2.53. The molecule has 1 aromatic carbocycles. The number of amides is 1. The van der Waals surface area contributed by atoms with E-state index in [0.717, 1.165) is 30.7 Å². The molecule has 4 aliphatic rings. The molecule has 2 saturated heterocycles. The Bertz CT molecular complexity index is 944. The maximum atomic E-state index is 12.9. The first kappa shape index (κ1) is 23.4. The van der Waals surface area contributed by atoms with Gasteiger partial charge in [0, 0.05) is 36.5 Å². The largest absolute Gasteiger partial charge is 0.494 e. The number of fused-ring (bicyclic) bond motifs is 3. The predicted octanol–water partition coefficient (Wildman–Crippen LogP) is 4.39. The van der Waals surface area contributed by atoms with Crippen molar-refractivity contribution < 1.29 is 18.8 Å². The zero-order chi connectivity index (χ0) is 23.8. The van der Waals surface area contributed by atoms with E-state index in [1.807, 2.05) is 37.4 Å². The quantitative estimate of drug-likeness (QED) is 0.565. The molecule has 0 aliphatic carbocycles. The van der Waals surface area contributed by atoms with Crippen molar-refractivity contribution >= 4 is 36.1 Å². The summed E-state index contributed by atoms with van der Waals surface area (Å²) in [5.41, 5.74) is 2.58. The van der Waals surface area contributed by atoms with Gasteiger partial charge in [0.15, 0.2) is 0 Å². The lowest BCUT2D eigenvalue weighted by Crippen LogP contribution is -2.49. The molecule has 0 aromatic heterocycles. The van der Waals surface area contributed by atoms with E-state index < -0.39 is 5.60 Å². The Hall–Kier alpha value is -1.38. The van der Waals surface area contributed by atoms with Crippen LogP contribution in [0.25, 0.3) is 0 Å². The highest BCUT2D eigenvalue weighted by Crippen LogP contribution is 2.50. The van der Waals surface area contributed by atoms with Crippen LogP contribution in [-0.2, 0) is 14.0 Å². The van der Waals surface area contributed by atoms with Crippen LogP contribution in [0, 0.1) is 0 Å². The maximum Gasteiger partial charge on any atom is 0.494 e. The lowest BCUT2D eigenvalue weighted by Gasteiger charge is -2.39. The second-order valence-corrected chi connectivity index (χ2v) is 13.0. The number of carbonyl (C=O) groups excluding carboxylic acids is 1. The van der Waals surface area contributed by atoms with Gasteiger partial charge in [-0.1, -0.05) is 6.07 Å². The predicted molar refractivity (Wildman–Crippen MR) is 134 cm³/mol. The average Bonchev–Trinajstić information content (AvgIpc) is 3.01. The van der Waals surface area contributed by atoms with Gasteiger partial charge < -0.3 is 23.8 Å². The molecule has 5 rings (SSSR count). The number of benzene rings is 1. The molecular weight excluding hydrogens is 435 g/mol. The van der Waals surface area contributed by atoms with Crippen LogP contribution in [0.4, 0.5) is 10.5 Å². The van der Waals surface area contributed by atoms with Gasteiger partial charge in [-0.2, -0.15) is 0 Å². The Labute approximate surface area is 202 Å². The van der Waals surface area contributed by atoms with Crippen LogP contribution in [-0.4, -0.2) is 66.3 Å². The molecule has 2 atom stereocenters. The molecule has 0 unspecified atom stereocenters. The van der Waals surface area contributed by atoms with Crippen molar-refractivity contribution in [2.75, 3.05) is 30.3 Å². The molecule has 0 spiro atoms. The van der Waals surface area contributed by atoms with Crippen molar-refractivity contribution in [3.05, 3.63) is 17.7 Å². The first-order valence-electron chi connectivity index (χ1n) is 12.3. The summed E-state index contributed by atoms with van der Waals surface area (Å²) in [6.07, 6.45) is 1.93. The summed E-state index contributed by atoms with van der Waals surface area (Å²) in [5.74, 6) is 1.40. The van der Waals surface area contributed by atoms with E-state index in [1.54, 1.807) is 0 Å². The van der Waals surface area contributed by atoms with E-state index in [1.165, 1.54) is 22.6 Å². The van der Waals surface area contributed by atoms with Gasteiger partial charge in [0.05, 0.1) is 16.9 Å². The summed E-state index contributed by atoms with van der Waals surface area (Å²) in [6.45, 7) is 16.7. The van der Waals surface area contributed by atoms with Gasteiger partial charge in [-0.15, -0.1) is 11.8 Å². The number of anilines is 1. The van der Waals surface area contributed by atoms with Gasteiger partial charge in [0.25, 0.3) is 0 Å². The number of ether oxygens (including phenoxy) is 1. The Morgan fingerprint density at radius 1 is 1.15 bits per heavy atom. The zero-order valence-electron chi connectivity index (χ0n) is 21.1. The summed E-state index contributed by atoms with van der Waals surface area (Å²) in [7, 11) is -0.376. The molecule has 0 bridgehead atoms. The fourth-order valence-corrected chi connectivity index (χ4v) is 6.52. The Morgan fingerprint density at radius 2 is 1.85 bits per heavy atom. The summed E-state index contributed by atoms with van der Waals surface area (Å²) < 4.78 is 18.5. The Balaban J connectivity index is 1.49. The molecule has 0 N–H and O–H groups in total. The molecule has 0 saturated carbocycles. The second kappa shape index (κ2) is 7.82. The van der Waals surface area contributed by atoms with E-state index in [0.29, 0.717) is 12.6 Å². The van der Waals surface area contributed by atoms with Gasteiger partial charge >= 0.3 is 13.2 Å². The van der Waals surface area contributed by atoms with Gasteiger partial charge in [0.2, 0.25) is 0 Å². The van der Waals surface area contributed by atoms with E-state index in [4.69, 9.17) is 14.0 Å². The third-order valence-electron chi connectivity index (χ3n) is 7.77. The number of likely N-dealkylation sites (tertiary alicyclic amines) is 1. The maximum absolute atomic E-state index is 12.9. The molecular formula is C25H37BN2O4S. The summed E-state index contributed by atoms with van der Waals surface area (Å²) in [6, 6.07) is 5.01. The lowest BCUT2D eigenvalue weighted by molar-refractivity contribution is 0.00578. The number of hydrogen-bond acceptors (Lipinski definition) is 6. The fraction of sp³-hybridized carbons (Fsp3) is 0.720. The molecule has 6 nitrogen and oxygen atoms in total. The van der Waals surface area contributed by atoms with E-state index in [-0.39, 0.29) is 30.3 Å². The van der Waals surface area contributed by atoms with Gasteiger partial charge in [0.1, 0.15) is 5.60 Å². The first-order chi connectivity index (χ1) is 15.4. The topological polar surface area (TPSA) is 51.2 Å². The number of thioether (sulfide) groups is 1. The van der Waals surface area contributed by atoms with Crippen LogP contribution in [0.3, 0.4) is 0 Å². The van der Waals surface area contributed by atoms with Crippen molar-refractivity contribution in [3.63, 3.8) is 0 Å². The minimum absolute atomic E-state index is 0.204. The number of piperidine rings is 1. The summed E-state index contributed by atoms with van der Waals surface area (Å²) >= 11 is 1.94. The van der Waals surface area contributed by atoms with Gasteiger partial charge in [-0.3, -0.25) is 0 Å². The lowest BCUT2D eigenvalue weighted by atomic mass is 9.76. The molecule has 4 aliphatic heterocycles. The molecule has 4 heterocycles. The third-order valence-corrected chi connectivity index (χ3v) is 8.88. The standard InChI is InChI=1S/C25H37BN2O4S/c1-23(2,3)30-22(29)27-11-9-19-18(15-27)17-13-16(26-31-24(4,5)25(6,7)32-26)14-20-21(17)28(19)10-8-12-33-20/h13-14,18-19H,8-12,15H2,1-7H3/t18-,19-/m0/s1. The number of carbonyl (C=O) groups is 1. The highest BCUT2D eigenvalue weighted by molar-refractivity contribution is 7.99. The number of hydrogen-bond donors (Lipinski definition) is 0. The van der Waals surface area contributed by atoms with E-state index in [9.17, 15) is 4.79 Å². The van der Waals surface area contributed by atoms with E-state index in [2.05, 4.69) is 44.7 Å². The molecule has 2 fully saturated rings. The van der Waals surface area contributed by atoms with Crippen molar-refractivity contribution in [1.29, 1.82) is 0 Å². The number of nitrogens with zero attached hydrogens (tertiary/aromatic N) is 2. The van der Waals surface area contributed by atoms with Crippen molar-refractivity contribution in [3.8, 4) is 0 Å². The minimum atomic E-state index is -0.484. The van der Waals surface area contributed by atoms with E-state index >= 15 is 0 Å². The minimum Gasteiger partial charge on any atom is -0.444 e. The zero-order valence-corrected chi connectivity index (χ0v) is 21.9. The summed E-state index contributed by atoms with van der Waals surface area (Å²) in [5, 5.41) is 0. The molecule has 0 radical (unpaired) electrons. The average molecular weight is 472 g/mol. The molecule has 1 amide bonds. The Kier molecular flexibility index (Phi) is 5.54.